The third-order valence-corrected chi connectivity index (χ3v) is 2.59. The Balaban J connectivity index is 2.73. The number of nitrogen functional groups attached to an aromatic ring is 1. The van der Waals surface area contributed by atoms with Crippen LogP contribution in [-0.4, -0.2) is 15.4 Å². The summed E-state index contributed by atoms with van der Waals surface area (Å²) in [5, 5.41) is 7.59. The number of rotatable bonds is 2. The molecule has 16 heavy (non-hydrogen) atoms. The third-order valence-electron chi connectivity index (χ3n) is 2.59. The Bertz CT molecular complexity index is 540. The van der Waals surface area contributed by atoms with Crippen molar-refractivity contribution in [1.82, 2.24) is 9.55 Å². The van der Waals surface area contributed by atoms with Crippen LogP contribution in [0, 0.1) is 19.3 Å². The number of amidine groups is 1. The van der Waals surface area contributed by atoms with Crippen molar-refractivity contribution >= 4 is 5.84 Å². The molecule has 0 aliphatic carbocycles. The van der Waals surface area contributed by atoms with E-state index in [0.29, 0.717) is 0 Å². The lowest BCUT2D eigenvalue weighted by atomic mass is 10.1. The minimum Gasteiger partial charge on any atom is -0.384 e. The summed E-state index contributed by atoms with van der Waals surface area (Å²) in [6, 6.07) is 5.76. The van der Waals surface area contributed by atoms with Crippen LogP contribution < -0.4 is 5.73 Å². The molecule has 2 rings (SSSR count). The second kappa shape index (κ2) is 3.81. The number of nitrogens with two attached hydrogens (primary N) is 1. The van der Waals surface area contributed by atoms with Crippen molar-refractivity contribution in [3.8, 4) is 5.69 Å². The number of imidazole rings is 1. The van der Waals surface area contributed by atoms with Crippen molar-refractivity contribution in [3.05, 3.63) is 47.5 Å². The van der Waals surface area contributed by atoms with E-state index in [0.717, 1.165) is 22.6 Å². The van der Waals surface area contributed by atoms with E-state index < -0.39 is 0 Å². The molecule has 1 aromatic heterocycles. The fourth-order valence-corrected chi connectivity index (χ4v) is 1.81. The molecule has 4 heteroatoms. The van der Waals surface area contributed by atoms with E-state index in [2.05, 4.69) is 4.98 Å². The van der Waals surface area contributed by atoms with Crippen molar-refractivity contribution in [2.45, 2.75) is 13.8 Å². The molecule has 0 fully saturated rings. The fraction of sp³-hybridized carbons (Fsp3) is 0.167. The summed E-state index contributed by atoms with van der Waals surface area (Å²) in [7, 11) is 0. The lowest BCUT2D eigenvalue weighted by molar-refractivity contribution is 0.961. The van der Waals surface area contributed by atoms with E-state index in [-0.39, 0.29) is 5.84 Å². The zero-order valence-electron chi connectivity index (χ0n) is 9.36. The smallest absolute Gasteiger partial charge is 0.124 e. The van der Waals surface area contributed by atoms with Gasteiger partial charge in [-0.15, -0.1) is 0 Å². The van der Waals surface area contributed by atoms with Crippen LogP contribution in [0.4, 0.5) is 0 Å². The molecule has 2 aromatic rings. The van der Waals surface area contributed by atoms with E-state index in [1.165, 1.54) is 0 Å². The zero-order chi connectivity index (χ0) is 11.7. The van der Waals surface area contributed by atoms with Gasteiger partial charge in [-0.3, -0.25) is 5.41 Å². The number of aryl methyl sites for hydroxylation is 2. The molecule has 0 radical (unpaired) electrons. The van der Waals surface area contributed by atoms with Crippen LogP contribution in [0.3, 0.4) is 0 Å². The third kappa shape index (κ3) is 1.58. The molecule has 1 aromatic carbocycles. The van der Waals surface area contributed by atoms with Gasteiger partial charge < -0.3 is 10.3 Å². The van der Waals surface area contributed by atoms with Crippen molar-refractivity contribution in [1.29, 1.82) is 5.41 Å². The maximum atomic E-state index is 7.59. The van der Waals surface area contributed by atoms with Gasteiger partial charge in [0.1, 0.15) is 11.7 Å². The summed E-state index contributed by atoms with van der Waals surface area (Å²) in [4.78, 5) is 4.19. The average molecular weight is 214 g/mol. The van der Waals surface area contributed by atoms with Gasteiger partial charge in [0.25, 0.3) is 0 Å². The minimum absolute atomic E-state index is 0.0757. The predicted octanol–water partition coefficient (Wildman–Crippen LogP) is 1.77. The van der Waals surface area contributed by atoms with Gasteiger partial charge in [0.05, 0.1) is 5.69 Å². The summed E-state index contributed by atoms with van der Waals surface area (Å²) in [5.41, 5.74) is 8.34. The highest BCUT2D eigenvalue weighted by Gasteiger charge is 2.11. The van der Waals surface area contributed by atoms with Gasteiger partial charge in [-0.05, 0) is 25.5 Å². The molecule has 0 amide bonds. The minimum atomic E-state index is 0.0757. The van der Waals surface area contributed by atoms with Crippen molar-refractivity contribution in [2.75, 3.05) is 0 Å². The van der Waals surface area contributed by atoms with Crippen molar-refractivity contribution in [2.24, 2.45) is 5.73 Å². The van der Waals surface area contributed by atoms with E-state index in [4.69, 9.17) is 11.1 Å². The Morgan fingerprint density at radius 3 is 2.69 bits per heavy atom. The number of benzene rings is 1. The molecule has 0 bridgehead atoms. The van der Waals surface area contributed by atoms with Gasteiger partial charge in [0, 0.05) is 18.0 Å². The first kappa shape index (κ1) is 10.4. The van der Waals surface area contributed by atoms with Crippen LogP contribution >= 0.6 is 0 Å². The zero-order valence-corrected chi connectivity index (χ0v) is 9.36. The van der Waals surface area contributed by atoms with Gasteiger partial charge in [0.15, 0.2) is 0 Å². The lowest BCUT2D eigenvalue weighted by Crippen LogP contribution is -2.15. The van der Waals surface area contributed by atoms with Crippen LogP contribution in [0.25, 0.3) is 5.69 Å². The molecule has 0 aliphatic rings. The van der Waals surface area contributed by atoms with Gasteiger partial charge >= 0.3 is 0 Å². The van der Waals surface area contributed by atoms with Gasteiger partial charge in [-0.2, -0.15) is 0 Å². The number of hydrogen-bond donors (Lipinski definition) is 2. The number of hydrogen-bond acceptors (Lipinski definition) is 2. The first-order valence-corrected chi connectivity index (χ1v) is 5.05. The standard InChI is InChI=1S/C12H14N4/c1-8-4-3-5-10(12(13)14)11(8)16-7-6-15-9(16)2/h3-7H,1-2H3,(H3,13,14). The molecule has 4 nitrogen and oxygen atoms in total. The summed E-state index contributed by atoms with van der Waals surface area (Å²) >= 11 is 0. The Morgan fingerprint density at radius 2 is 2.12 bits per heavy atom. The number of nitrogens with one attached hydrogen (secondary N) is 1. The summed E-state index contributed by atoms with van der Waals surface area (Å²) in [5.74, 6) is 0.962. The molecule has 0 saturated heterocycles. The Labute approximate surface area is 94.2 Å². The van der Waals surface area contributed by atoms with E-state index in [1.807, 2.05) is 42.8 Å². The normalized spacial score (nSPS) is 10.4. The Kier molecular flexibility index (Phi) is 2.48. The maximum absolute atomic E-state index is 7.59. The number of nitrogens with zero attached hydrogens (tertiary/aromatic N) is 2. The summed E-state index contributed by atoms with van der Waals surface area (Å²) in [6.07, 6.45) is 3.62. The fourth-order valence-electron chi connectivity index (χ4n) is 1.81. The summed E-state index contributed by atoms with van der Waals surface area (Å²) < 4.78 is 1.95. The van der Waals surface area contributed by atoms with Crippen LogP contribution in [0.2, 0.25) is 0 Å². The Hall–Kier alpha value is -2.10. The topological polar surface area (TPSA) is 67.7 Å². The Morgan fingerprint density at radius 1 is 1.38 bits per heavy atom. The van der Waals surface area contributed by atoms with E-state index in [9.17, 15) is 0 Å². The highest BCUT2D eigenvalue weighted by atomic mass is 15.1. The van der Waals surface area contributed by atoms with Gasteiger partial charge in [-0.1, -0.05) is 12.1 Å². The molecule has 1 heterocycles. The van der Waals surface area contributed by atoms with Gasteiger partial charge in [-0.25, -0.2) is 4.98 Å². The average Bonchev–Trinajstić information content (AvgIpc) is 2.64. The summed E-state index contributed by atoms with van der Waals surface area (Å²) in [6.45, 7) is 3.93. The number of para-hydroxylation sites is 1. The molecule has 0 atom stereocenters. The molecule has 82 valence electrons. The van der Waals surface area contributed by atoms with Crippen molar-refractivity contribution < 1.29 is 0 Å². The van der Waals surface area contributed by atoms with Crippen molar-refractivity contribution in [3.63, 3.8) is 0 Å². The molecular weight excluding hydrogens is 200 g/mol. The highest BCUT2D eigenvalue weighted by molar-refractivity contribution is 5.99. The van der Waals surface area contributed by atoms with Crippen LogP contribution in [0.5, 0.6) is 0 Å². The second-order valence-electron chi connectivity index (χ2n) is 3.73. The maximum Gasteiger partial charge on any atom is 0.124 e. The van der Waals surface area contributed by atoms with E-state index in [1.54, 1.807) is 6.20 Å². The quantitative estimate of drug-likeness (QED) is 0.591. The molecule has 3 N–H and O–H groups in total. The first-order valence-electron chi connectivity index (χ1n) is 5.05. The monoisotopic (exact) mass is 214 g/mol. The molecule has 0 saturated carbocycles. The molecule has 0 aliphatic heterocycles. The highest BCUT2D eigenvalue weighted by Crippen LogP contribution is 2.20. The largest absolute Gasteiger partial charge is 0.384 e. The lowest BCUT2D eigenvalue weighted by Gasteiger charge is -2.13. The van der Waals surface area contributed by atoms with Crippen LogP contribution in [0.15, 0.2) is 30.6 Å². The molecule has 0 spiro atoms. The van der Waals surface area contributed by atoms with Crippen LogP contribution in [0.1, 0.15) is 17.0 Å². The first-order chi connectivity index (χ1) is 7.61. The SMILES string of the molecule is Cc1cccc(C(=N)N)c1-n1ccnc1C. The molecule has 0 unspecified atom stereocenters. The second-order valence-corrected chi connectivity index (χ2v) is 3.73. The molecular formula is C12H14N4. The van der Waals surface area contributed by atoms with E-state index >= 15 is 0 Å². The predicted molar refractivity (Wildman–Crippen MR) is 64.1 cm³/mol. The van der Waals surface area contributed by atoms with Gasteiger partial charge in [0.2, 0.25) is 0 Å². The van der Waals surface area contributed by atoms with Crippen LogP contribution in [-0.2, 0) is 0 Å². The number of aromatic nitrogens is 2.